The van der Waals surface area contributed by atoms with Gasteiger partial charge in [-0.3, -0.25) is 0 Å². The number of fused-ring (bicyclic) bond motifs is 1. The first-order valence-corrected chi connectivity index (χ1v) is 11.2. The minimum Gasteiger partial charge on any atom is -0.489 e. The maximum Gasteiger partial charge on any atom is 0.345 e. The van der Waals surface area contributed by atoms with E-state index in [0.29, 0.717) is 28.7 Å². The van der Waals surface area contributed by atoms with Crippen molar-refractivity contribution in [3.63, 3.8) is 0 Å². The fourth-order valence-corrected chi connectivity index (χ4v) is 4.10. The average molecular weight is 477 g/mol. The lowest BCUT2D eigenvalue weighted by Crippen LogP contribution is -2.33. The maximum absolute atomic E-state index is 14.0. The summed E-state index contributed by atoms with van der Waals surface area (Å²) in [5, 5.41) is 3.48. The summed E-state index contributed by atoms with van der Waals surface area (Å²) in [4.78, 5) is 24.4. The molecule has 4 aromatic rings. The van der Waals surface area contributed by atoms with Gasteiger partial charge in [-0.05, 0) is 72.5 Å². The molecule has 0 spiro atoms. The van der Waals surface area contributed by atoms with Crippen LogP contribution in [0.2, 0.25) is 0 Å². The standard InChI is InChI=1S/C27H21F2NO5/c28-22-14-21(20-10-12-33-25(20)24(22)29)17-6-8-19(9-7-17)34-15-16-3-1-4-18(13-16)26(31)35-27(32)23-5-2-11-30-23/h1,3-4,6-10,12-14,23,30H,2,5,11,15H2/t23-/m0/s1. The number of rotatable bonds is 6. The summed E-state index contributed by atoms with van der Waals surface area (Å²) < 4.78 is 43.8. The molecule has 5 rings (SSSR count). The third-order valence-corrected chi connectivity index (χ3v) is 5.91. The number of hydrogen-bond acceptors (Lipinski definition) is 6. The lowest BCUT2D eigenvalue weighted by Gasteiger charge is -2.11. The van der Waals surface area contributed by atoms with Gasteiger partial charge in [0.2, 0.25) is 5.82 Å². The zero-order valence-corrected chi connectivity index (χ0v) is 18.6. The number of nitrogens with one attached hydrogen (secondary N) is 1. The van der Waals surface area contributed by atoms with E-state index in [9.17, 15) is 18.4 Å². The van der Waals surface area contributed by atoms with E-state index in [1.807, 2.05) is 0 Å². The van der Waals surface area contributed by atoms with Crippen molar-refractivity contribution in [3.8, 4) is 16.9 Å². The Labute approximate surface area is 199 Å². The van der Waals surface area contributed by atoms with Crippen LogP contribution in [-0.2, 0) is 16.1 Å². The zero-order valence-electron chi connectivity index (χ0n) is 18.6. The number of furan rings is 1. The molecule has 0 unspecified atom stereocenters. The number of ether oxygens (including phenoxy) is 2. The van der Waals surface area contributed by atoms with Crippen molar-refractivity contribution >= 4 is 22.9 Å². The highest BCUT2D eigenvalue weighted by Crippen LogP contribution is 2.33. The molecule has 1 atom stereocenters. The first-order valence-electron chi connectivity index (χ1n) is 11.2. The Morgan fingerprint density at radius 3 is 2.66 bits per heavy atom. The molecular formula is C27H21F2NO5. The molecule has 1 aromatic heterocycles. The van der Waals surface area contributed by atoms with Gasteiger partial charge in [0.1, 0.15) is 18.4 Å². The summed E-state index contributed by atoms with van der Waals surface area (Å²) in [7, 11) is 0. The van der Waals surface area contributed by atoms with E-state index in [1.165, 1.54) is 6.26 Å². The number of benzene rings is 3. The van der Waals surface area contributed by atoms with E-state index < -0.39 is 29.6 Å². The summed E-state index contributed by atoms with van der Waals surface area (Å²) in [6, 6.07) is 15.9. The van der Waals surface area contributed by atoms with Crippen molar-refractivity contribution in [1.82, 2.24) is 5.32 Å². The molecule has 0 saturated carbocycles. The Balaban J connectivity index is 1.24. The topological polar surface area (TPSA) is 77.8 Å². The number of halogens is 2. The van der Waals surface area contributed by atoms with Gasteiger partial charge in [-0.25, -0.2) is 14.0 Å². The van der Waals surface area contributed by atoms with Gasteiger partial charge in [-0.15, -0.1) is 0 Å². The third kappa shape index (κ3) is 4.79. The SMILES string of the molecule is O=C(OC(=O)[C@@H]1CCCN1)c1cccc(COc2ccc(-c3cc(F)c(F)c4occc34)cc2)c1. The highest BCUT2D eigenvalue weighted by molar-refractivity contribution is 5.98. The van der Waals surface area contributed by atoms with Gasteiger partial charge in [0.05, 0.1) is 11.8 Å². The van der Waals surface area contributed by atoms with E-state index in [-0.39, 0.29) is 17.8 Å². The van der Waals surface area contributed by atoms with Gasteiger partial charge in [-0.2, -0.15) is 4.39 Å². The number of esters is 2. The Hall–Kier alpha value is -4.04. The van der Waals surface area contributed by atoms with Crippen LogP contribution in [0.4, 0.5) is 8.78 Å². The van der Waals surface area contributed by atoms with E-state index in [4.69, 9.17) is 13.9 Å². The molecule has 1 N–H and O–H groups in total. The minimum atomic E-state index is -1.01. The number of carbonyl (C=O) groups is 2. The molecule has 0 radical (unpaired) electrons. The molecular weight excluding hydrogens is 456 g/mol. The van der Waals surface area contributed by atoms with Crippen LogP contribution in [-0.4, -0.2) is 24.5 Å². The lowest BCUT2D eigenvalue weighted by atomic mass is 10.0. The first kappa shape index (κ1) is 22.7. The van der Waals surface area contributed by atoms with Crippen LogP contribution in [0.25, 0.3) is 22.1 Å². The maximum atomic E-state index is 14.0. The van der Waals surface area contributed by atoms with Crippen molar-refractivity contribution in [2.45, 2.75) is 25.5 Å². The molecule has 1 saturated heterocycles. The molecule has 35 heavy (non-hydrogen) atoms. The van der Waals surface area contributed by atoms with Crippen LogP contribution in [0.3, 0.4) is 0 Å². The molecule has 178 valence electrons. The first-order chi connectivity index (χ1) is 17.0. The van der Waals surface area contributed by atoms with Gasteiger partial charge in [0.25, 0.3) is 0 Å². The predicted octanol–water partition coefficient (Wildman–Crippen LogP) is 5.39. The van der Waals surface area contributed by atoms with E-state index in [1.54, 1.807) is 54.6 Å². The summed E-state index contributed by atoms with van der Waals surface area (Å²) in [6.45, 7) is 0.909. The zero-order chi connectivity index (χ0) is 24.4. The van der Waals surface area contributed by atoms with Gasteiger partial charge in [0, 0.05) is 5.39 Å². The largest absolute Gasteiger partial charge is 0.489 e. The Bertz CT molecular complexity index is 1390. The highest BCUT2D eigenvalue weighted by Gasteiger charge is 2.26. The van der Waals surface area contributed by atoms with Crippen molar-refractivity contribution in [1.29, 1.82) is 0 Å². The molecule has 0 bridgehead atoms. The second kappa shape index (κ2) is 9.68. The number of hydrogen-bond donors (Lipinski definition) is 1. The minimum absolute atomic E-state index is 0.125. The van der Waals surface area contributed by atoms with Gasteiger partial charge in [0.15, 0.2) is 11.4 Å². The Kier molecular flexibility index (Phi) is 6.29. The molecule has 6 nitrogen and oxygen atoms in total. The number of carbonyl (C=O) groups excluding carboxylic acids is 2. The smallest absolute Gasteiger partial charge is 0.345 e. The van der Waals surface area contributed by atoms with Crippen LogP contribution < -0.4 is 10.1 Å². The monoisotopic (exact) mass is 477 g/mol. The second-order valence-corrected chi connectivity index (χ2v) is 8.25. The van der Waals surface area contributed by atoms with E-state index in [0.717, 1.165) is 24.6 Å². The fraction of sp³-hybridized carbons (Fsp3) is 0.185. The molecule has 3 aromatic carbocycles. The molecule has 2 heterocycles. The Morgan fingerprint density at radius 1 is 1.06 bits per heavy atom. The van der Waals surface area contributed by atoms with Crippen molar-refractivity contribution in [2.75, 3.05) is 6.54 Å². The molecule has 8 heteroatoms. The van der Waals surface area contributed by atoms with Crippen LogP contribution in [0.1, 0.15) is 28.8 Å². The molecule has 1 aliphatic heterocycles. The van der Waals surface area contributed by atoms with Crippen LogP contribution >= 0.6 is 0 Å². The second-order valence-electron chi connectivity index (χ2n) is 8.25. The van der Waals surface area contributed by atoms with Crippen molar-refractivity contribution < 1.29 is 32.3 Å². The average Bonchev–Trinajstić information content (AvgIpc) is 3.59. The van der Waals surface area contributed by atoms with Crippen LogP contribution in [0.15, 0.2) is 71.3 Å². The van der Waals surface area contributed by atoms with Gasteiger partial charge < -0.3 is 19.2 Å². The lowest BCUT2D eigenvalue weighted by molar-refractivity contribution is -0.139. The molecule has 0 aliphatic carbocycles. The third-order valence-electron chi connectivity index (χ3n) is 5.91. The quantitative estimate of drug-likeness (QED) is 0.296. The summed E-state index contributed by atoms with van der Waals surface area (Å²) in [6.07, 6.45) is 2.84. The molecule has 1 fully saturated rings. The highest BCUT2D eigenvalue weighted by atomic mass is 19.2. The van der Waals surface area contributed by atoms with Crippen molar-refractivity contribution in [2.24, 2.45) is 0 Å². The van der Waals surface area contributed by atoms with Crippen LogP contribution in [0.5, 0.6) is 5.75 Å². The molecule has 0 amide bonds. The summed E-state index contributed by atoms with van der Waals surface area (Å²) in [5.74, 6) is -2.72. The van der Waals surface area contributed by atoms with Gasteiger partial charge in [-0.1, -0.05) is 24.3 Å². The van der Waals surface area contributed by atoms with E-state index in [2.05, 4.69) is 5.32 Å². The summed E-state index contributed by atoms with van der Waals surface area (Å²) >= 11 is 0. The van der Waals surface area contributed by atoms with Crippen molar-refractivity contribution in [3.05, 3.63) is 89.7 Å². The predicted molar refractivity (Wildman–Crippen MR) is 124 cm³/mol. The fourth-order valence-electron chi connectivity index (χ4n) is 4.10. The normalized spacial score (nSPS) is 15.3. The van der Waals surface area contributed by atoms with Gasteiger partial charge >= 0.3 is 11.9 Å². The van der Waals surface area contributed by atoms with Crippen LogP contribution in [0, 0.1) is 11.6 Å². The van der Waals surface area contributed by atoms with E-state index >= 15 is 0 Å². The molecule has 1 aliphatic rings. The summed E-state index contributed by atoms with van der Waals surface area (Å²) in [5.41, 5.74) is 2.03. The Morgan fingerprint density at radius 2 is 1.89 bits per heavy atom.